The quantitative estimate of drug-likeness (QED) is 0.338. The summed E-state index contributed by atoms with van der Waals surface area (Å²) in [7, 11) is 1.43. The zero-order chi connectivity index (χ0) is 27.0. The summed E-state index contributed by atoms with van der Waals surface area (Å²) in [5, 5.41) is 0. The fourth-order valence-electron chi connectivity index (χ4n) is 4.34. The molecule has 1 amide bonds. The summed E-state index contributed by atoms with van der Waals surface area (Å²) in [5.74, 6) is -1.78. The summed E-state index contributed by atoms with van der Waals surface area (Å²) in [5.41, 5.74) is -0.373. The van der Waals surface area contributed by atoms with Gasteiger partial charge in [-0.05, 0) is 70.4 Å². The third-order valence-corrected chi connectivity index (χ3v) is 5.95. The molecule has 0 aliphatic carbocycles. The summed E-state index contributed by atoms with van der Waals surface area (Å²) < 4.78 is 50.7. The average Bonchev–Trinajstić information content (AvgIpc) is 2.80. The van der Waals surface area contributed by atoms with E-state index < -0.39 is 47.5 Å². The molecule has 1 aliphatic rings. The van der Waals surface area contributed by atoms with Crippen LogP contribution in [0.3, 0.4) is 0 Å². The number of benzene rings is 1. The Balaban J connectivity index is 2.33. The van der Waals surface area contributed by atoms with Crippen LogP contribution in [0.1, 0.15) is 66.4 Å². The van der Waals surface area contributed by atoms with E-state index in [0.717, 1.165) is 6.07 Å². The topological polar surface area (TPSA) is 74.3 Å². The lowest BCUT2D eigenvalue weighted by Crippen LogP contribution is -2.49. The molecule has 0 radical (unpaired) electrons. The molecule has 7 nitrogen and oxygen atoms in total. The molecule has 9 heteroatoms. The minimum Gasteiger partial charge on any atom is -0.458 e. The highest BCUT2D eigenvalue weighted by atomic mass is 19.1. The SMILES string of the molecule is COCN(C(=O)OC(C)(C)C)[C@H]1CCC[C@H](Cc2ccc(F)cc2F)[C@@H](OCC(C)C)[C@H](C)OC1=O. The van der Waals surface area contributed by atoms with E-state index in [1.807, 2.05) is 13.8 Å². The summed E-state index contributed by atoms with van der Waals surface area (Å²) in [6, 6.07) is 2.64. The molecule has 4 atom stereocenters. The van der Waals surface area contributed by atoms with E-state index in [1.165, 1.54) is 24.1 Å². The summed E-state index contributed by atoms with van der Waals surface area (Å²) in [6.45, 7) is 11.3. The maximum absolute atomic E-state index is 14.5. The van der Waals surface area contributed by atoms with Gasteiger partial charge in [-0.25, -0.2) is 18.4 Å². The zero-order valence-electron chi connectivity index (χ0n) is 22.5. The number of rotatable bonds is 8. The molecule has 0 N–H and O–H groups in total. The summed E-state index contributed by atoms with van der Waals surface area (Å²) >= 11 is 0. The van der Waals surface area contributed by atoms with Gasteiger partial charge in [-0.15, -0.1) is 0 Å². The Kier molecular flexibility index (Phi) is 11.1. The van der Waals surface area contributed by atoms with Crippen LogP contribution in [-0.2, 0) is 30.2 Å². The number of nitrogens with zero attached hydrogens (tertiary/aromatic N) is 1. The molecule has 2 rings (SSSR count). The lowest BCUT2D eigenvalue weighted by Gasteiger charge is -2.33. The molecule has 0 unspecified atom stereocenters. The van der Waals surface area contributed by atoms with Gasteiger partial charge >= 0.3 is 12.1 Å². The van der Waals surface area contributed by atoms with Gasteiger partial charge in [-0.2, -0.15) is 0 Å². The lowest BCUT2D eigenvalue weighted by molar-refractivity contribution is -0.166. The number of halogens is 2. The number of hydrogen-bond donors (Lipinski definition) is 0. The van der Waals surface area contributed by atoms with Crippen molar-refractivity contribution in [3.63, 3.8) is 0 Å². The molecule has 1 aliphatic heterocycles. The highest BCUT2D eigenvalue weighted by molar-refractivity contribution is 5.81. The predicted octanol–water partition coefficient (Wildman–Crippen LogP) is 5.49. The molecule has 1 fully saturated rings. The molecule has 204 valence electrons. The van der Waals surface area contributed by atoms with Gasteiger partial charge in [-0.1, -0.05) is 26.3 Å². The smallest absolute Gasteiger partial charge is 0.412 e. The van der Waals surface area contributed by atoms with Crippen LogP contribution >= 0.6 is 0 Å². The fourth-order valence-corrected chi connectivity index (χ4v) is 4.34. The second-order valence-electron chi connectivity index (χ2n) is 10.8. The molecule has 0 aromatic heterocycles. The number of hydrogen-bond acceptors (Lipinski definition) is 6. The molecular formula is C27H41F2NO6. The standard InChI is InChI=1S/C27H41F2NO6/c1-17(2)15-34-24-18(3)35-25(31)23(30(16-33-7)26(32)36-27(4,5)6)10-8-9-20(24)13-19-11-12-21(28)14-22(19)29/h11-12,14,17-18,20,23-24H,8-10,13,15-16H2,1-7H3/t18-,20+,23-,24-/m0/s1. The molecule has 0 bridgehead atoms. The zero-order valence-corrected chi connectivity index (χ0v) is 22.5. The van der Waals surface area contributed by atoms with Crippen LogP contribution in [0.4, 0.5) is 13.6 Å². The predicted molar refractivity (Wildman–Crippen MR) is 131 cm³/mol. The Bertz CT molecular complexity index is 872. The normalized spacial score (nSPS) is 23.4. The molecule has 1 saturated heterocycles. The molecule has 36 heavy (non-hydrogen) atoms. The number of esters is 1. The van der Waals surface area contributed by atoms with Gasteiger partial charge in [0.1, 0.15) is 36.1 Å². The van der Waals surface area contributed by atoms with Crippen molar-refractivity contribution in [3.05, 3.63) is 35.4 Å². The first-order valence-electron chi connectivity index (χ1n) is 12.6. The summed E-state index contributed by atoms with van der Waals surface area (Å²) in [4.78, 5) is 27.4. The molecule has 1 heterocycles. The van der Waals surface area contributed by atoms with Gasteiger partial charge in [0, 0.05) is 19.8 Å². The van der Waals surface area contributed by atoms with Gasteiger partial charge in [0.2, 0.25) is 0 Å². The van der Waals surface area contributed by atoms with Crippen LogP contribution in [-0.4, -0.2) is 61.3 Å². The van der Waals surface area contributed by atoms with Crippen molar-refractivity contribution < 1.29 is 37.3 Å². The number of methoxy groups -OCH3 is 1. The van der Waals surface area contributed by atoms with E-state index in [9.17, 15) is 18.4 Å². The Morgan fingerprint density at radius 2 is 1.92 bits per heavy atom. The van der Waals surface area contributed by atoms with E-state index in [-0.39, 0.29) is 18.6 Å². The minimum atomic E-state index is -0.908. The Morgan fingerprint density at radius 3 is 2.50 bits per heavy atom. The van der Waals surface area contributed by atoms with Gasteiger partial charge in [0.25, 0.3) is 0 Å². The van der Waals surface area contributed by atoms with E-state index in [4.69, 9.17) is 18.9 Å². The third-order valence-electron chi connectivity index (χ3n) is 5.95. The number of ether oxygens (including phenoxy) is 4. The number of carbonyl (C=O) groups excluding carboxylic acids is 2. The lowest BCUT2D eigenvalue weighted by atomic mass is 9.86. The van der Waals surface area contributed by atoms with Crippen molar-refractivity contribution in [2.75, 3.05) is 20.4 Å². The highest BCUT2D eigenvalue weighted by Gasteiger charge is 2.39. The third kappa shape index (κ3) is 9.00. The van der Waals surface area contributed by atoms with Gasteiger partial charge in [0.15, 0.2) is 0 Å². The van der Waals surface area contributed by atoms with Crippen molar-refractivity contribution in [1.29, 1.82) is 0 Å². The number of amides is 1. The van der Waals surface area contributed by atoms with Crippen molar-refractivity contribution in [2.45, 2.75) is 91.1 Å². The van der Waals surface area contributed by atoms with E-state index >= 15 is 0 Å². The largest absolute Gasteiger partial charge is 0.458 e. The Hall–Kier alpha value is -2.26. The monoisotopic (exact) mass is 513 g/mol. The molecule has 0 saturated carbocycles. The minimum absolute atomic E-state index is 0.138. The summed E-state index contributed by atoms with van der Waals surface area (Å²) in [6.07, 6.45) is -0.0829. The van der Waals surface area contributed by atoms with Crippen molar-refractivity contribution >= 4 is 12.1 Å². The first kappa shape index (κ1) is 30.0. The van der Waals surface area contributed by atoms with Crippen molar-refractivity contribution in [3.8, 4) is 0 Å². The Labute approximate surface area is 213 Å². The second kappa shape index (κ2) is 13.3. The van der Waals surface area contributed by atoms with Gasteiger partial charge in [0.05, 0.1) is 6.10 Å². The van der Waals surface area contributed by atoms with E-state index in [0.29, 0.717) is 37.9 Å². The average molecular weight is 514 g/mol. The van der Waals surface area contributed by atoms with Crippen LogP contribution in [0, 0.1) is 23.5 Å². The first-order chi connectivity index (χ1) is 16.8. The first-order valence-corrected chi connectivity index (χ1v) is 12.6. The maximum Gasteiger partial charge on any atom is 0.412 e. The number of cyclic esters (lactones) is 1. The van der Waals surface area contributed by atoms with Crippen LogP contribution in [0.5, 0.6) is 0 Å². The maximum atomic E-state index is 14.5. The second-order valence-corrected chi connectivity index (χ2v) is 10.8. The molecule has 1 aromatic rings. The van der Waals surface area contributed by atoms with E-state index in [2.05, 4.69) is 0 Å². The fraction of sp³-hybridized carbons (Fsp3) is 0.704. The highest BCUT2D eigenvalue weighted by Crippen LogP contribution is 2.30. The van der Waals surface area contributed by atoms with Crippen LogP contribution < -0.4 is 0 Å². The Morgan fingerprint density at radius 1 is 1.22 bits per heavy atom. The van der Waals surface area contributed by atoms with Gasteiger partial charge < -0.3 is 18.9 Å². The van der Waals surface area contributed by atoms with Crippen LogP contribution in [0.15, 0.2) is 18.2 Å². The van der Waals surface area contributed by atoms with E-state index in [1.54, 1.807) is 27.7 Å². The number of carbonyl (C=O) groups is 2. The molecular weight excluding hydrogens is 472 g/mol. The van der Waals surface area contributed by atoms with Crippen molar-refractivity contribution in [1.82, 2.24) is 4.90 Å². The van der Waals surface area contributed by atoms with Crippen LogP contribution in [0.25, 0.3) is 0 Å². The molecule has 0 spiro atoms. The van der Waals surface area contributed by atoms with Crippen molar-refractivity contribution in [2.24, 2.45) is 11.8 Å². The molecule has 1 aromatic carbocycles. The van der Waals surface area contributed by atoms with Crippen LogP contribution in [0.2, 0.25) is 0 Å². The van der Waals surface area contributed by atoms with Gasteiger partial charge in [-0.3, -0.25) is 4.90 Å².